The molecule has 1 saturated heterocycles. The van der Waals surface area contributed by atoms with Crippen molar-refractivity contribution < 1.29 is 33.1 Å². The molecule has 1 aliphatic rings. The van der Waals surface area contributed by atoms with Gasteiger partial charge in [-0.1, -0.05) is 54.6 Å². The average molecular weight is 601 g/mol. The van der Waals surface area contributed by atoms with Crippen LogP contribution in [0.15, 0.2) is 91.0 Å². The first kappa shape index (κ1) is 31.6. The highest BCUT2D eigenvalue weighted by molar-refractivity contribution is 6.06. The summed E-state index contributed by atoms with van der Waals surface area (Å²) >= 11 is 0. The van der Waals surface area contributed by atoms with E-state index in [0.717, 1.165) is 11.6 Å². The summed E-state index contributed by atoms with van der Waals surface area (Å²) in [6.45, 7) is 2.07. The quantitative estimate of drug-likeness (QED) is 0.185. The van der Waals surface area contributed by atoms with Crippen LogP contribution in [0.25, 0.3) is 0 Å². The Bertz CT molecular complexity index is 1540. The molecule has 0 spiro atoms. The van der Waals surface area contributed by atoms with Crippen LogP contribution in [0, 0.1) is 11.7 Å². The van der Waals surface area contributed by atoms with Crippen LogP contribution in [-0.4, -0.2) is 48.2 Å². The fourth-order valence-electron chi connectivity index (χ4n) is 4.59. The molecular weight excluding hydrogens is 567 g/mol. The lowest BCUT2D eigenvalue weighted by Crippen LogP contribution is -2.42. The maximum atomic E-state index is 13.5. The van der Waals surface area contributed by atoms with Crippen molar-refractivity contribution >= 4 is 35.3 Å². The van der Waals surface area contributed by atoms with Crippen molar-refractivity contribution in [3.8, 4) is 0 Å². The van der Waals surface area contributed by atoms with Gasteiger partial charge in [-0.3, -0.25) is 19.2 Å². The molecule has 3 atom stereocenters. The average Bonchev–Trinajstić information content (AvgIpc) is 3.43. The summed E-state index contributed by atoms with van der Waals surface area (Å²) in [6, 6.07) is 18.8. The van der Waals surface area contributed by atoms with E-state index in [2.05, 4.69) is 21.3 Å². The molecule has 0 saturated carbocycles. The van der Waals surface area contributed by atoms with Crippen LogP contribution in [0.5, 0.6) is 0 Å². The molecule has 0 bridgehead atoms. The van der Waals surface area contributed by atoms with Gasteiger partial charge in [-0.05, 0) is 55.7 Å². The van der Waals surface area contributed by atoms with Crippen LogP contribution in [-0.2, 0) is 25.7 Å². The summed E-state index contributed by atoms with van der Waals surface area (Å²) in [4.78, 5) is 63.4. The first-order chi connectivity index (χ1) is 21.2. The maximum absolute atomic E-state index is 13.5. The third-order valence-electron chi connectivity index (χ3n) is 6.96. The second-order valence-electron chi connectivity index (χ2n) is 10.3. The SMILES string of the molecule is C[C@@H](NC(=O)c1cccc(F)c1)C(=O)Nc1ccccc1C(=O)N[C@H](/C=C/C(=O)OCc1ccccc1)CC1CCNC1=O. The number of hydrogen-bond acceptors (Lipinski definition) is 6. The minimum absolute atomic E-state index is 0.0587. The lowest BCUT2D eigenvalue weighted by atomic mass is 9.97. The number of carbonyl (C=O) groups is 5. The third kappa shape index (κ3) is 9.09. The van der Waals surface area contributed by atoms with Crippen molar-refractivity contribution in [2.24, 2.45) is 5.92 Å². The van der Waals surface area contributed by atoms with Gasteiger partial charge in [-0.2, -0.15) is 0 Å². The molecule has 3 aromatic rings. The highest BCUT2D eigenvalue weighted by atomic mass is 19.1. The zero-order valence-electron chi connectivity index (χ0n) is 24.0. The van der Waals surface area contributed by atoms with E-state index in [9.17, 15) is 28.4 Å². The van der Waals surface area contributed by atoms with Gasteiger partial charge in [-0.25, -0.2) is 9.18 Å². The van der Waals surface area contributed by atoms with Crippen LogP contribution < -0.4 is 21.3 Å². The molecule has 1 heterocycles. The number of halogens is 1. The molecule has 3 aromatic carbocycles. The number of hydrogen-bond donors (Lipinski definition) is 4. The van der Waals surface area contributed by atoms with Crippen LogP contribution in [0.3, 0.4) is 0 Å². The van der Waals surface area contributed by atoms with Crippen molar-refractivity contribution in [1.29, 1.82) is 0 Å². The summed E-state index contributed by atoms with van der Waals surface area (Å²) in [5.41, 5.74) is 1.20. The largest absolute Gasteiger partial charge is 0.458 e. The highest BCUT2D eigenvalue weighted by Crippen LogP contribution is 2.20. The van der Waals surface area contributed by atoms with Crippen molar-refractivity contribution in [2.75, 3.05) is 11.9 Å². The van der Waals surface area contributed by atoms with Crippen LogP contribution in [0.2, 0.25) is 0 Å². The number of anilines is 1. The van der Waals surface area contributed by atoms with Gasteiger partial charge in [0.2, 0.25) is 11.8 Å². The molecule has 4 amide bonds. The standard InChI is InChI=1S/C33H33FN4O6/c1-21(36-32(42)23-10-7-11-25(34)18-23)30(40)38-28-13-6-5-12-27(28)33(43)37-26(19-24-16-17-35-31(24)41)14-15-29(39)44-20-22-8-3-2-4-9-22/h2-15,18,21,24,26H,16-17,19-20H2,1H3,(H,35,41)(H,36,42)(H,37,43)(H,38,40)/b15-14+/t21-,24?,26-/m1/s1. The number of para-hydroxylation sites is 1. The van der Waals surface area contributed by atoms with Gasteiger partial charge < -0.3 is 26.0 Å². The van der Waals surface area contributed by atoms with Crippen molar-refractivity contribution in [3.05, 3.63) is 114 Å². The molecule has 0 aliphatic carbocycles. The number of benzene rings is 3. The third-order valence-corrected chi connectivity index (χ3v) is 6.96. The summed E-state index contributed by atoms with van der Waals surface area (Å²) in [7, 11) is 0. The molecule has 1 unspecified atom stereocenters. The topological polar surface area (TPSA) is 143 Å². The fraction of sp³-hybridized carbons (Fsp3) is 0.242. The van der Waals surface area contributed by atoms with Crippen LogP contribution in [0.4, 0.5) is 10.1 Å². The zero-order chi connectivity index (χ0) is 31.5. The normalized spacial score (nSPS) is 15.6. The predicted molar refractivity (Wildman–Crippen MR) is 161 cm³/mol. The summed E-state index contributed by atoms with van der Waals surface area (Å²) in [5, 5.41) is 10.8. The molecule has 4 rings (SSSR count). The lowest BCUT2D eigenvalue weighted by Gasteiger charge is -2.20. The van der Waals surface area contributed by atoms with E-state index >= 15 is 0 Å². The van der Waals surface area contributed by atoms with Gasteiger partial charge in [0, 0.05) is 30.1 Å². The van der Waals surface area contributed by atoms with E-state index in [1.54, 1.807) is 12.1 Å². The summed E-state index contributed by atoms with van der Waals surface area (Å²) in [5.74, 6) is -3.47. The van der Waals surface area contributed by atoms with Crippen LogP contribution in [0.1, 0.15) is 46.0 Å². The van der Waals surface area contributed by atoms with Gasteiger partial charge in [0.1, 0.15) is 18.5 Å². The molecule has 4 N–H and O–H groups in total. The summed E-state index contributed by atoms with van der Waals surface area (Å²) < 4.78 is 18.8. The van der Waals surface area contributed by atoms with E-state index < -0.39 is 41.6 Å². The minimum atomic E-state index is -1.01. The minimum Gasteiger partial charge on any atom is -0.458 e. The first-order valence-corrected chi connectivity index (χ1v) is 14.1. The fourth-order valence-corrected chi connectivity index (χ4v) is 4.59. The number of nitrogens with one attached hydrogen (secondary N) is 4. The van der Waals surface area contributed by atoms with E-state index in [0.29, 0.717) is 13.0 Å². The Morgan fingerprint density at radius 2 is 1.73 bits per heavy atom. The zero-order valence-corrected chi connectivity index (χ0v) is 24.0. The number of rotatable bonds is 12. The molecule has 44 heavy (non-hydrogen) atoms. The lowest BCUT2D eigenvalue weighted by molar-refractivity contribution is -0.139. The molecule has 11 heteroatoms. The Morgan fingerprint density at radius 1 is 0.977 bits per heavy atom. The van der Waals surface area contributed by atoms with Gasteiger partial charge in [-0.15, -0.1) is 0 Å². The molecule has 10 nitrogen and oxygen atoms in total. The van der Waals surface area contributed by atoms with Crippen molar-refractivity contribution in [3.63, 3.8) is 0 Å². The maximum Gasteiger partial charge on any atom is 0.330 e. The molecular formula is C33H33FN4O6. The molecule has 0 radical (unpaired) electrons. The first-order valence-electron chi connectivity index (χ1n) is 14.1. The van der Waals surface area contributed by atoms with Gasteiger partial charge in [0.05, 0.1) is 11.3 Å². The molecule has 228 valence electrons. The predicted octanol–water partition coefficient (Wildman–Crippen LogP) is 3.51. The highest BCUT2D eigenvalue weighted by Gasteiger charge is 2.28. The van der Waals surface area contributed by atoms with E-state index in [4.69, 9.17) is 4.74 Å². The number of ether oxygens (including phenoxy) is 1. The molecule has 0 aromatic heterocycles. The number of esters is 1. The van der Waals surface area contributed by atoms with E-state index in [1.165, 1.54) is 49.4 Å². The number of carbonyl (C=O) groups excluding carboxylic acids is 5. The Labute approximate surface area is 254 Å². The summed E-state index contributed by atoms with van der Waals surface area (Å²) in [6.07, 6.45) is 3.54. The monoisotopic (exact) mass is 600 g/mol. The van der Waals surface area contributed by atoms with Crippen molar-refractivity contribution in [2.45, 2.75) is 38.5 Å². The second kappa shape index (κ2) is 15.2. The molecule has 1 aliphatic heterocycles. The van der Waals surface area contributed by atoms with Crippen molar-refractivity contribution in [1.82, 2.24) is 16.0 Å². The van der Waals surface area contributed by atoms with Gasteiger partial charge in [0.25, 0.3) is 11.8 Å². The van der Waals surface area contributed by atoms with Gasteiger partial charge >= 0.3 is 5.97 Å². The Morgan fingerprint density at radius 3 is 2.45 bits per heavy atom. The Kier molecular flexibility index (Phi) is 10.9. The van der Waals surface area contributed by atoms with Gasteiger partial charge in [0.15, 0.2) is 0 Å². The Balaban J connectivity index is 1.42. The molecule has 1 fully saturated rings. The smallest absolute Gasteiger partial charge is 0.330 e. The Hall–Kier alpha value is -5.32. The van der Waals surface area contributed by atoms with E-state index in [1.807, 2.05) is 30.3 Å². The van der Waals surface area contributed by atoms with Crippen LogP contribution >= 0.6 is 0 Å². The number of amides is 4. The second-order valence-corrected chi connectivity index (χ2v) is 10.3. The van der Waals surface area contributed by atoms with E-state index in [-0.39, 0.29) is 41.7 Å².